The van der Waals surface area contributed by atoms with Crippen molar-refractivity contribution in [3.63, 3.8) is 0 Å². The summed E-state index contributed by atoms with van der Waals surface area (Å²) in [4.78, 5) is 29.2. The Bertz CT molecular complexity index is 1270. The standard InChI is InChI=1S/C26H26N4O3/c1-16-7-6-12-22-28(16)26(33)24-25(32)21(31)15-27-30(24)29(22)23-19-10-4-2-8-17(19)13-14-18-9-3-5-11-20(18)23/h2-5,8-11,15-16,22-23,32H,6-7,12-14H2,1H3/t16-,22-/m1/s1. The van der Waals surface area contributed by atoms with Gasteiger partial charge >= 0.3 is 0 Å². The number of aryl methyl sites for hydroxylation is 2. The van der Waals surface area contributed by atoms with Gasteiger partial charge in [0.1, 0.15) is 12.4 Å². The van der Waals surface area contributed by atoms with E-state index in [1.807, 2.05) is 24.0 Å². The molecule has 168 valence electrons. The van der Waals surface area contributed by atoms with E-state index in [2.05, 4.69) is 46.5 Å². The molecule has 1 aromatic heterocycles. The van der Waals surface area contributed by atoms with Gasteiger partial charge in [0.25, 0.3) is 5.91 Å². The quantitative estimate of drug-likeness (QED) is 0.627. The van der Waals surface area contributed by atoms with Crippen molar-refractivity contribution in [1.29, 1.82) is 0 Å². The molecule has 6 rings (SSSR count). The first-order valence-electron chi connectivity index (χ1n) is 11.6. The van der Waals surface area contributed by atoms with E-state index in [1.165, 1.54) is 27.0 Å². The maximum absolute atomic E-state index is 13.6. The lowest BCUT2D eigenvalue weighted by Crippen LogP contribution is -2.66. The van der Waals surface area contributed by atoms with E-state index < -0.39 is 11.2 Å². The molecule has 3 heterocycles. The van der Waals surface area contributed by atoms with E-state index in [4.69, 9.17) is 0 Å². The van der Waals surface area contributed by atoms with E-state index in [9.17, 15) is 14.7 Å². The van der Waals surface area contributed by atoms with Crippen LogP contribution in [0, 0.1) is 0 Å². The van der Waals surface area contributed by atoms with Crippen LogP contribution in [0.4, 0.5) is 0 Å². The zero-order chi connectivity index (χ0) is 22.7. The van der Waals surface area contributed by atoms with Gasteiger partial charge in [-0.15, -0.1) is 0 Å². The highest BCUT2D eigenvalue weighted by Crippen LogP contribution is 2.42. The third-order valence-corrected chi connectivity index (χ3v) is 7.41. The largest absolute Gasteiger partial charge is 0.502 e. The maximum atomic E-state index is 13.6. The number of aromatic hydroxyl groups is 1. The summed E-state index contributed by atoms with van der Waals surface area (Å²) in [6, 6.07) is 16.7. The lowest BCUT2D eigenvalue weighted by atomic mass is 9.91. The Hall–Kier alpha value is -3.61. The molecule has 7 heteroatoms. The predicted octanol–water partition coefficient (Wildman–Crippen LogP) is 3.13. The van der Waals surface area contributed by atoms with Crippen molar-refractivity contribution < 1.29 is 9.90 Å². The fourth-order valence-electron chi connectivity index (χ4n) is 5.87. The summed E-state index contributed by atoms with van der Waals surface area (Å²) < 4.78 is 0. The van der Waals surface area contributed by atoms with Crippen LogP contribution in [0.5, 0.6) is 5.75 Å². The minimum absolute atomic E-state index is 0.00141. The third-order valence-electron chi connectivity index (χ3n) is 7.41. The Morgan fingerprint density at radius 3 is 2.24 bits per heavy atom. The van der Waals surface area contributed by atoms with Gasteiger partial charge in [-0.05, 0) is 61.3 Å². The summed E-state index contributed by atoms with van der Waals surface area (Å²) in [5, 5.41) is 17.2. The number of aromatic nitrogens is 2. The molecule has 0 bridgehead atoms. The van der Waals surface area contributed by atoms with Crippen LogP contribution in [-0.4, -0.2) is 38.0 Å². The highest BCUT2D eigenvalue weighted by Gasteiger charge is 2.47. The zero-order valence-corrected chi connectivity index (χ0v) is 18.5. The van der Waals surface area contributed by atoms with Crippen LogP contribution in [-0.2, 0) is 12.8 Å². The van der Waals surface area contributed by atoms with Crippen molar-refractivity contribution in [2.75, 3.05) is 5.01 Å². The second kappa shape index (κ2) is 7.47. The smallest absolute Gasteiger partial charge is 0.280 e. The molecule has 2 aromatic carbocycles. The average Bonchev–Trinajstić information content (AvgIpc) is 2.99. The highest BCUT2D eigenvalue weighted by molar-refractivity contribution is 5.96. The van der Waals surface area contributed by atoms with Crippen molar-refractivity contribution in [3.8, 4) is 5.75 Å². The van der Waals surface area contributed by atoms with Gasteiger partial charge in [-0.1, -0.05) is 48.5 Å². The molecule has 1 amide bonds. The fraction of sp³-hybridized carbons (Fsp3) is 0.346. The van der Waals surface area contributed by atoms with Crippen LogP contribution < -0.4 is 10.4 Å². The van der Waals surface area contributed by atoms with Crippen LogP contribution in [0.15, 0.2) is 59.5 Å². The molecule has 1 N–H and O–H groups in total. The summed E-state index contributed by atoms with van der Waals surface area (Å²) in [5.41, 5.74) is 4.17. The normalized spacial score (nSPS) is 22.2. The van der Waals surface area contributed by atoms with Crippen LogP contribution >= 0.6 is 0 Å². The van der Waals surface area contributed by atoms with Gasteiger partial charge in [0.05, 0.1) is 6.04 Å². The van der Waals surface area contributed by atoms with E-state index in [0.29, 0.717) is 0 Å². The molecule has 2 aliphatic heterocycles. The molecule has 2 atom stereocenters. The van der Waals surface area contributed by atoms with E-state index in [-0.39, 0.29) is 29.9 Å². The number of nitrogens with zero attached hydrogens (tertiary/aromatic N) is 4. The Labute approximate surface area is 191 Å². The minimum Gasteiger partial charge on any atom is -0.502 e. The van der Waals surface area contributed by atoms with Gasteiger partial charge in [0, 0.05) is 6.04 Å². The second-order valence-corrected chi connectivity index (χ2v) is 9.25. The van der Waals surface area contributed by atoms with Crippen molar-refractivity contribution in [3.05, 3.63) is 92.9 Å². The van der Waals surface area contributed by atoms with Crippen LogP contribution in [0.2, 0.25) is 0 Å². The topological polar surface area (TPSA) is 78.7 Å². The van der Waals surface area contributed by atoms with Crippen LogP contribution in [0.3, 0.4) is 0 Å². The van der Waals surface area contributed by atoms with Gasteiger partial charge < -0.3 is 10.0 Å². The molecule has 3 aromatic rings. The summed E-state index contributed by atoms with van der Waals surface area (Å²) in [6.07, 6.45) is 5.41. The number of carbonyl (C=O) groups excluding carboxylic acids is 1. The SMILES string of the molecule is C[C@@H]1CCC[C@@H]2N1C(=O)c1c(O)c(=O)cnn1N2C1c2ccccc2CCc2ccccc21. The van der Waals surface area contributed by atoms with Gasteiger partial charge in [0.2, 0.25) is 5.43 Å². The van der Waals surface area contributed by atoms with Gasteiger partial charge in [-0.2, -0.15) is 9.89 Å². The maximum Gasteiger partial charge on any atom is 0.280 e. The molecule has 0 unspecified atom stereocenters. The number of hydrogen-bond donors (Lipinski definition) is 1. The van der Waals surface area contributed by atoms with Crippen molar-refractivity contribution in [1.82, 2.24) is 14.8 Å². The lowest BCUT2D eigenvalue weighted by molar-refractivity contribution is 0.0281. The van der Waals surface area contributed by atoms with Crippen molar-refractivity contribution >= 4 is 5.91 Å². The first-order valence-corrected chi connectivity index (χ1v) is 11.6. The Morgan fingerprint density at radius 1 is 0.939 bits per heavy atom. The van der Waals surface area contributed by atoms with Gasteiger partial charge in [-0.3, -0.25) is 14.6 Å². The molecule has 7 nitrogen and oxygen atoms in total. The molecule has 3 aliphatic rings. The fourth-order valence-corrected chi connectivity index (χ4v) is 5.87. The number of amides is 1. The first kappa shape index (κ1) is 20.0. The Morgan fingerprint density at radius 2 is 1.58 bits per heavy atom. The number of piperidine rings is 1. The molecule has 0 saturated carbocycles. The first-order chi connectivity index (χ1) is 16.1. The molecule has 0 radical (unpaired) electrons. The van der Waals surface area contributed by atoms with E-state index >= 15 is 0 Å². The van der Waals surface area contributed by atoms with Crippen LogP contribution in [0.25, 0.3) is 0 Å². The molecule has 1 saturated heterocycles. The molecular formula is C26H26N4O3. The molecule has 1 fully saturated rings. The predicted molar refractivity (Wildman–Crippen MR) is 124 cm³/mol. The number of hydrogen-bond acceptors (Lipinski definition) is 5. The number of carbonyl (C=O) groups is 1. The highest BCUT2D eigenvalue weighted by atomic mass is 16.3. The lowest BCUT2D eigenvalue weighted by Gasteiger charge is -2.53. The molecular weight excluding hydrogens is 416 g/mol. The third kappa shape index (κ3) is 2.91. The number of rotatable bonds is 1. The summed E-state index contributed by atoms with van der Waals surface area (Å²) in [7, 11) is 0. The average molecular weight is 443 g/mol. The van der Waals surface area contributed by atoms with E-state index in [0.717, 1.165) is 38.3 Å². The molecule has 33 heavy (non-hydrogen) atoms. The number of benzene rings is 2. The zero-order valence-electron chi connectivity index (χ0n) is 18.5. The van der Waals surface area contributed by atoms with Gasteiger partial charge in [-0.25, -0.2) is 0 Å². The van der Waals surface area contributed by atoms with E-state index in [1.54, 1.807) is 0 Å². The molecule has 1 aliphatic carbocycles. The summed E-state index contributed by atoms with van der Waals surface area (Å²) in [6.45, 7) is 2.04. The summed E-state index contributed by atoms with van der Waals surface area (Å²) >= 11 is 0. The van der Waals surface area contributed by atoms with Crippen molar-refractivity contribution in [2.24, 2.45) is 0 Å². The Balaban J connectivity index is 1.66. The second-order valence-electron chi connectivity index (χ2n) is 9.25. The van der Waals surface area contributed by atoms with Crippen LogP contribution in [0.1, 0.15) is 65.0 Å². The van der Waals surface area contributed by atoms with Gasteiger partial charge in [0.15, 0.2) is 11.4 Å². The minimum atomic E-state index is -0.640. The monoisotopic (exact) mass is 442 g/mol. The Kier molecular flexibility index (Phi) is 4.54. The number of fused-ring (bicyclic) bond motifs is 4. The molecule has 0 spiro atoms. The summed E-state index contributed by atoms with van der Waals surface area (Å²) in [5.74, 6) is -0.868. The van der Waals surface area contributed by atoms with Crippen molar-refractivity contribution in [2.45, 2.75) is 57.3 Å².